The van der Waals surface area contributed by atoms with E-state index in [0.717, 1.165) is 12.8 Å². The van der Waals surface area contributed by atoms with Crippen LogP contribution < -0.4 is 0 Å². The molecule has 3 radical (unpaired) electrons. The van der Waals surface area contributed by atoms with Crippen LogP contribution in [-0.2, 0) is 0 Å². The highest BCUT2D eigenvalue weighted by Crippen LogP contribution is 1.93. The van der Waals surface area contributed by atoms with Crippen LogP contribution in [0.2, 0.25) is 0 Å². The lowest BCUT2D eigenvalue weighted by atomic mass is 10.3. The van der Waals surface area contributed by atoms with Crippen molar-refractivity contribution in [3.05, 3.63) is 23.9 Å². The Morgan fingerprint density at radius 1 is 1.62 bits per heavy atom. The van der Waals surface area contributed by atoms with Gasteiger partial charge in [-0.15, -0.1) is 6.58 Å². The van der Waals surface area contributed by atoms with E-state index in [4.69, 9.17) is 0 Å². The van der Waals surface area contributed by atoms with Gasteiger partial charge in [0.2, 0.25) is 0 Å². The average molecular weight is 123 g/mol. The summed E-state index contributed by atoms with van der Waals surface area (Å²) in [5.41, 5.74) is 0. The van der Waals surface area contributed by atoms with Crippen LogP contribution in [0.3, 0.4) is 0 Å². The van der Waals surface area contributed by atoms with Crippen LogP contribution in [0.1, 0.15) is 19.8 Å². The van der Waals surface area contributed by atoms with E-state index in [9.17, 15) is 0 Å². The molecule has 0 aromatic rings. The van der Waals surface area contributed by atoms with Gasteiger partial charge >= 0.3 is 0 Å². The van der Waals surface area contributed by atoms with Crippen molar-refractivity contribution in [2.24, 2.45) is 0 Å². The first-order valence-corrected chi connectivity index (χ1v) is 3.26. The summed E-state index contributed by atoms with van der Waals surface area (Å²) in [7, 11) is 3.38. The van der Waals surface area contributed by atoms with Crippen LogP contribution in [0, 0.1) is 0 Å². The average Bonchev–Trinajstić information content (AvgIpc) is 1.66. The highest BCUT2D eigenvalue weighted by atomic mass is 28.1. The molecule has 0 aliphatic rings. The van der Waals surface area contributed by atoms with Crippen LogP contribution in [0.25, 0.3) is 0 Å². The Morgan fingerprint density at radius 3 is 2.62 bits per heavy atom. The maximum absolute atomic E-state index is 3.61. The normalized spacial score (nSPS) is 11.5. The zero-order valence-electron chi connectivity index (χ0n) is 5.28. The number of allylic oxidation sites excluding steroid dienone is 3. The second-order valence-corrected chi connectivity index (χ2v) is 2.54. The molecule has 1 heteroatoms. The van der Waals surface area contributed by atoms with E-state index >= 15 is 0 Å². The first-order valence-electron chi connectivity index (χ1n) is 2.76. The van der Waals surface area contributed by atoms with Crippen LogP contribution in [0.15, 0.2) is 23.9 Å². The van der Waals surface area contributed by atoms with E-state index in [0.29, 0.717) is 0 Å². The molecular formula is C7H11Si. The number of rotatable bonds is 3. The van der Waals surface area contributed by atoms with Crippen molar-refractivity contribution < 1.29 is 0 Å². The lowest BCUT2D eigenvalue weighted by Gasteiger charge is -1.86. The third-order valence-corrected chi connectivity index (χ3v) is 1.03. The van der Waals surface area contributed by atoms with Crippen molar-refractivity contribution in [1.29, 1.82) is 0 Å². The molecule has 0 bridgehead atoms. The summed E-state index contributed by atoms with van der Waals surface area (Å²) >= 11 is 0. The molecule has 0 spiro atoms. The maximum atomic E-state index is 3.61. The molecule has 8 heavy (non-hydrogen) atoms. The summed E-state index contributed by atoms with van der Waals surface area (Å²) in [6.07, 6.45) is 6.23. The molecule has 0 saturated heterocycles. The van der Waals surface area contributed by atoms with Crippen LogP contribution >= 0.6 is 0 Å². The number of hydrogen-bond donors (Lipinski definition) is 0. The van der Waals surface area contributed by atoms with E-state index in [1.807, 2.05) is 13.0 Å². The van der Waals surface area contributed by atoms with Gasteiger partial charge in [-0.25, -0.2) is 0 Å². The highest BCUT2D eigenvalue weighted by molar-refractivity contribution is 6.21. The smallest absolute Gasteiger partial charge is 0.0642 e. The van der Waals surface area contributed by atoms with E-state index in [1.165, 1.54) is 5.20 Å². The third-order valence-electron chi connectivity index (χ3n) is 0.821. The molecule has 0 nitrogen and oxygen atoms in total. The lowest BCUT2D eigenvalue weighted by molar-refractivity contribution is 1.05. The Labute approximate surface area is 54.7 Å². The lowest BCUT2D eigenvalue weighted by Crippen LogP contribution is -1.70. The van der Waals surface area contributed by atoms with Gasteiger partial charge in [0, 0.05) is 0 Å². The first-order chi connectivity index (χ1) is 3.77. The molecule has 0 rings (SSSR count). The Morgan fingerprint density at radius 2 is 2.25 bits per heavy atom. The molecule has 0 unspecified atom stereocenters. The van der Waals surface area contributed by atoms with Gasteiger partial charge in [0.05, 0.1) is 10.2 Å². The minimum absolute atomic E-state index is 1.07. The molecule has 43 valence electrons. The van der Waals surface area contributed by atoms with Gasteiger partial charge in [-0.2, -0.15) is 0 Å². The topological polar surface area (TPSA) is 0 Å². The zero-order valence-corrected chi connectivity index (χ0v) is 6.28. The van der Waals surface area contributed by atoms with Gasteiger partial charge in [-0.05, 0) is 19.8 Å². The molecule has 0 fully saturated rings. The minimum Gasteiger partial charge on any atom is -0.103 e. The van der Waals surface area contributed by atoms with Crippen molar-refractivity contribution in [2.75, 3.05) is 0 Å². The highest BCUT2D eigenvalue weighted by Gasteiger charge is 1.75. The van der Waals surface area contributed by atoms with Crippen LogP contribution in [0.4, 0.5) is 0 Å². The molecule has 0 atom stereocenters. The molecule has 0 N–H and O–H groups in total. The summed E-state index contributed by atoms with van der Waals surface area (Å²) in [5, 5.41) is 1.20. The monoisotopic (exact) mass is 123 g/mol. The molecular weight excluding hydrogens is 112 g/mol. The number of hydrogen-bond acceptors (Lipinski definition) is 0. The summed E-state index contributed by atoms with van der Waals surface area (Å²) in [4.78, 5) is 0. The molecule has 0 aromatic carbocycles. The molecule has 0 aliphatic heterocycles. The summed E-state index contributed by atoms with van der Waals surface area (Å²) < 4.78 is 0. The molecule has 0 heterocycles. The Hall–Kier alpha value is -0.303. The van der Waals surface area contributed by atoms with E-state index in [-0.39, 0.29) is 0 Å². The van der Waals surface area contributed by atoms with Gasteiger partial charge in [0.15, 0.2) is 0 Å². The first kappa shape index (κ1) is 7.70. The fourth-order valence-electron chi connectivity index (χ4n) is 0.418. The molecule has 0 aromatic heterocycles. The second kappa shape index (κ2) is 4.85. The van der Waals surface area contributed by atoms with E-state index < -0.39 is 0 Å². The van der Waals surface area contributed by atoms with Gasteiger partial charge in [0.1, 0.15) is 0 Å². The van der Waals surface area contributed by atoms with Crippen molar-refractivity contribution in [3.63, 3.8) is 0 Å². The van der Waals surface area contributed by atoms with Crippen LogP contribution in [-0.4, -0.2) is 10.2 Å². The Kier molecular flexibility index (Phi) is 4.66. The van der Waals surface area contributed by atoms with Crippen molar-refractivity contribution in [3.8, 4) is 0 Å². The Balaban J connectivity index is 3.15. The minimum atomic E-state index is 1.07. The number of unbranched alkanes of at least 4 members (excludes halogenated alkanes) is 1. The van der Waals surface area contributed by atoms with Gasteiger partial charge in [-0.3, -0.25) is 0 Å². The predicted octanol–water partition coefficient (Wildman–Crippen LogP) is 2.02. The van der Waals surface area contributed by atoms with Crippen molar-refractivity contribution in [1.82, 2.24) is 0 Å². The van der Waals surface area contributed by atoms with Crippen molar-refractivity contribution >= 4 is 10.2 Å². The zero-order chi connectivity index (χ0) is 6.41. The quantitative estimate of drug-likeness (QED) is 0.306. The fourth-order valence-corrected chi connectivity index (χ4v) is 0.562. The Bertz CT molecular complexity index is 88.6. The fraction of sp³-hybridized carbons (Fsp3) is 0.429. The van der Waals surface area contributed by atoms with Gasteiger partial charge in [-0.1, -0.05) is 17.3 Å². The SMILES string of the molecule is C=CCC/C=C(\C)[Si]. The molecule has 0 amide bonds. The second-order valence-electron chi connectivity index (χ2n) is 1.75. The van der Waals surface area contributed by atoms with Crippen molar-refractivity contribution in [2.45, 2.75) is 19.8 Å². The van der Waals surface area contributed by atoms with E-state index in [1.54, 1.807) is 0 Å². The summed E-state index contributed by atoms with van der Waals surface area (Å²) in [6, 6.07) is 0. The van der Waals surface area contributed by atoms with Gasteiger partial charge in [0.25, 0.3) is 0 Å². The predicted molar refractivity (Wildman–Crippen MR) is 38.9 cm³/mol. The summed E-state index contributed by atoms with van der Waals surface area (Å²) in [5.74, 6) is 0. The maximum Gasteiger partial charge on any atom is 0.0642 e. The molecule has 0 saturated carbocycles. The summed E-state index contributed by atoms with van der Waals surface area (Å²) in [6.45, 7) is 5.64. The van der Waals surface area contributed by atoms with E-state index in [2.05, 4.69) is 22.9 Å². The standard InChI is InChI=1S/C7H11Si/c1-3-4-5-6-7(2)8/h3,6H,1,4-5H2,2H3/b7-6+. The third kappa shape index (κ3) is 5.70. The molecule has 0 aliphatic carbocycles. The van der Waals surface area contributed by atoms with Gasteiger partial charge < -0.3 is 0 Å². The van der Waals surface area contributed by atoms with Crippen LogP contribution in [0.5, 0.6) is 0 Å². The largest absolute Gasteiger partial charge is 0.103 e.